The standard InChI is InChI=1S/C15H13ClF3N5O2/c16-10-3-1-9(2-4-10)13(26)20-7-12(25)23-5-6-24-11(8-23)21-22-14(24)15(17,18)19/h1-4H,5-8H2,(H,20,26). The van der Waals surface area contributed by atoms with Crippen LogP contribution in [0.1, 0.15) is 22.0 Å². The van der Waals surface area contributed by atoms with E-state index in [4.69, 9.17) is 11.6 Å². The molecule has 138 valence electrons. The number of nitrogens with zero attached hydrogens (tertiary/aromatic N) is 4. The molecular formula is C15H13ClF3N5O2. The fourth-order valence-electron chi connectivity index (χ4n) is 2.55. The molecule has 0 unspecified atom stereocenters. The SMILES string of the molecule is O=C(NCC(=O)N1CCn2c(nnc2C(F)(F)F)C1)c1ccc(Cl)cc1. The van der Waals surface area contributed by atoms with Gasteiger partial charge in [-0.05, 0) is 24.3 Å². The fraction of sp³-hybridized carbons (Fsp3) is 0.333. The van der Waals surface area contributed by atoms with Crippen LogP contribution in [0, 0.1) is 0 Å². The summed E-state index contributed by atoms with van der Waals surface area (Å²) < 4.78 is 39.4. The van der Waals surface area contributed by atoms with Crippen molar-refractivity contribution >= 4 is 23.4 Å². The second-order valence-electron chi connectivity index (χ2n) is 5.59. The van der Waals surface area contributed by atoms with E-state index in [9.17, 15) is 22.8 Å². The minimum atomic E-state index is -4.59. The molecule has 3 rings (SSSR count). The van der Waals surface area contributed by atoms with Crippen molar-refractivity contribution < 1.29 is 22.8 Å². The van der Waals surface area contributed by atoms with E-state index in [0.717, 1.165) is 4.57 Å². The molecule has 0 atom stereocenters. The van der Waals surface area contributed by atoms with Gasteiger partial charge in [0.2, 0.25) is 11.7 Å². The number of halogens is 4. The lowest BCUT2D eigenvalue weighted by Gasteiger charge is -2.28. The number of carbonyl (C=O) groups is 2. The zero-order chi connectivity index (χ0) is 18.9. The van der Waals surface area contributed by atoms with Gasteiger partial charge in [0.05, 0.1) is 13.1 Å². The normalized spacial score (nSPS) is 14.1. The topological polar surface area (TPSA) is 80.1 Å². The molecule has 2 aromatic rings. The van der Waals surface area contributed by atoms with E-state index < -0.39 is 23.8 Å². The number of benzene rings is 1. The van der Waals surface area contributed by atoms with Crippen LogP contribution in [-0.2, 0) is 24.1 Å². The van der Waals surface area contributed by atoms with Crippen LogP contribution in [0.25, 0.3) is 0 Å². The van der Waals surface area contributed by atoms with Gasteiger partial charge in [0.25, 0.3) is 5.91 Å². The van der Waals surface area contributed by atoms with Gasteiger partial charge in [-0.1, -0.05) is 11.6 Å². The maximum atomic E-state index is 12.8. The molecule has 1 aliphatic rings. The van der Waals surface area contributed by atoms with Gasteiger partial charge in [0, 0.05) is 23.7 Å². The zero-order valence-electron chi connectivity index (χ0n) is 13.3. The number of aromatic nitrogens is 3. The number of fused-ring (bicyclic) bond motifs is 1. The van der Waals surface area contributed by atoms with E-state index in [1.165, 1.54) is 17.0 Å². The van der Waals surface area contributed by atoms with Gasteiger partial charge in [-0.25, -0.2) is 0 Å². The van der Waals surface area contributed by atoms with Crippen LogP contribution in [0.5, 0.6) is 0 Å². The minimum absolute atomic E-state index is 0.0564. The first-order chi connectivity index (χ1) is 12.3. The molecule has 0 radical (unpaired) electrons. The molecule has 0 spiro atoms. The number of rotatable bonds is 3. The second-order valence-corrected chi connectivity index (χ2v) is 6.03. The Hall–Kier alpha value is -2.62. The third-order valence-corrected chi connectivity index (χ3v) is 4.12. The maximum absolute atomic E-state index is 12.8. The predicted molar refractivity (Wildman–Crippen MR) is 84.2 cm³/mol. The molecule has 1 aromatic heterocycles. The Kier molecular flexibility index (Phi) is 4.86. The van der Waals surface area contributed by atoms with Crippen LogP contribution in [0.15, 0.2) is 24.3 Å². The van der Waals surface area contributed by atoms with Crippen molar-refractivity contribution in [3.8, 4) is 0 Å². The molecule has 11 heteroatoms. The summed E-state index contributed by atoms with van der Waals surface area (Å²) in [5.41, 5.74) is 0.343. The number of hydrogen-bond acceptors (Lipinski definition) is 4. The molecule has 0 saturated heterocycles. The highest BCUT2D eigenvalue weighted by Gasteiger charge is 2.39. The molecule has 2 amide bonds. The summed E-state index contributed by atoms with van der Waals surface area (Å²) in [5, 5.41) is 9.61. The lowest BCUT2D eigenvalue weighted by atomic mass is 10.2. The van der Waals surface area contributed by atoms with E-state index in [1.807, 2.05) is 0 Å². The fourth-order valence-corrected chi connectivity index (χ4v) is 2.68. The van der Waals surface area contributed by atoms with Crippen molar-refractivity contribution in [1.82, 2.24) is 25.0 Å². The highest BCUT2D eigenvalue weighted by molar-refractivity contribution is 6.30. The summed E-state index contributed by atoms with van der Waals surface area (Å²) in [6.07, 6.45) is -4.59. The van der Waals surface area contributed by atoms with Gasteiger partial charge in [-0.2, -0.15) is 13.2 Å². The lowest BCUT2D eigenvalue weighted by molar-refractivity contribution is -0.148. The average Bonchev–Trinajstić information content (AvgIpc) is 3.03. The van der Waals surface area contributed by atoms with Gasteiger partial charge in [0.1, 0.15) is 0 Å². The second kappa shape index (κ2) is 6.94. The monoisotopic (exact) mass is 387 g/mol. The Bertz CT molecular complexity index is 835. The summed E-state index contributed by atoms with van der Waals surface area (Å²) >= 11 is 5.74. The van der Waals surface area contributed by atoms with Crippen LogP contribution >= 0.6 is 11.6 Å². The van der Waals surface area contributed by atoms with Crippen molar-refractivity contribution in [3.63, 3.8) is 0 Å². The van der Waals surface area contributed by atoms with Crippen molar-refractivity contribution in [2.75, 3.05) is 13.1 Å². The molecule has 1 aromatic carbocycles. The Labute approximate surface area is 150 Å². The average molecular weight is 388 g/mol. The third kappa shape index (κ3) is 3.79. The van der Waals surface area contributed by atoms with Crippen LogP contribution in [0.2, 0.25) is 5.02 Å². The van der Waals surface area contributed by atoms with Gasteiger partial charge in [0.15, 0.2) is 5.82 Å². The summed E-state index contributed by atoms with van der Waals surface area (Å²) in [7, 11) is 0. The maximum Gasteiger partial charge on any atom is 0.451 e. The molecule has 7 nitrogen and oxygen atoms in total. The van der Waals surface area contributed by atoms with Crippen LogP contribution in [0.3, 0.4) is 0 Å². The first kappa shape index (κ1) is 18.2. The number of alkyl halides is 3. The number of carbonyl (C=O) groups excluding carboxylic acids is 2. The van der Waals surface area contributed by atoms with Gasteiger partial charge in [-0.3, -0.25) is 9.59 Å². The van der Waals surface area contributed by atoms with E-state index >= 15 is 0 Å². The van der Waals surface area contributed by atoms with Crippen LogP contribution in [0.4, 0.5) is 13.2 Å². The summed E-state index contributed by atoms with van der Waals surface area (Å²) in [5.74, 6) is -1.89. The van der Waals surface area contributed by atoms with Crippen molar-refractivity contribution in [3.05, 3.63) is 46.5 Å². The van der Waals surface area contributed by atoms with E-state index in [0.29, 0.717) is 10.6 Å². The molecule has 1 aliphatic heterocycles. The molecule has 0 fully saturated rings. The van der Waals surface area contributed by atoms with Crippen LogP contribution in [-0.4, -0.2) is 44.6 Å². The number of amides is 2. The van der Waals surface area contributed by atoms with E-state index in [2.05, 4.69) is 15.5 Å². The molecule has 0 aliphatic carbocycles. The van der Waals surface area contributed by atoms with Crippen molar-refractivity contribution in [2.24, 2.45) is 0 Å². The molecule has 26 heavy (non-hydrogen) atoms. The van der Waals surface area contributed by atoms with Gasteiger partial charge < -0.3 is 14.8 Å². The predicted octanol–water partition coefficient (Wildman–Crippen LogP) is 1.72. The Morgan fingerprint density at radius 2 is 1.85 bits per heavy atom. The molecule has 0 saturated carbocycles. The first-order valence-corrected chi connectivity index (χ1v) is 7.94. The molecule has 2 heterocycles. The quantitative estimate of drug-likeness (QED) is 0.869. The highest BCUT2D eigenvalue weighted by Crippen LogP contribution is 2.29. The highest BCUT2D eigenvalue weighted by atomic mass is 35.5. The summed E-state index contributed by atoms with van der Waals surface area (Å²) in [6, 6.07) is 6.14. The minimum Gasteiger partial charge on any atom is -0.343 e. The summed E-state index contributed by atoms with van der Waals surface area (Å²) in [4.78, 5) is 25.5. The largest absolute Gasteiger partial charge is 0.451 e. The smallest absolute Gasteiger partial charge is 0.343 e. The molecular weight excluding hydrogens is 375 g/mol. The van der Waals surface area contributed by atoms with Gasteiger partial charge in [-0.15, -0.1) is 10.2 Å². The number of nitrogens with one attached hydrogen (secondary N) is 1. The lowest BCUT2D eigenvalue weighted by Crippen LogP contribution is -2.44. The Balaban J connectivity index is 1.59. The van der Waals surface area contributed by atoms with Gasteiger partial charge >= 0.3 is 6.18 Å². The number of hydrogen-bond donors (Lipinski definition) is 1. The molecule has 1 N–H and O–H groups in total. The first-order valence-electron chi connectivity index (χ1n) is 7.56. The molecule has 0 bridgehead atoms. The van der Waals surface area contributed by atoms with Crippen LogP contribution < -0.4 is 5.32 Å². The Morgan fingerprint density at radius 1 is 1.15 bits per heavy atom. The third-order valence-electron chi connectivity index (χ3n) is 3.87. The van der Waals surface area contributed by atoms with Crippen molar-refractivity contribution in [1.29, 1.82) is 0 Å². The Morgan fingerprint density at radius 3 is 2.50 bits per heavy atom. The van der Waals surface area contributed by atoms with E-state index in [1.54, 1.807) is 12.1 Å². The summed E-state index contributed by atoms with van der Waals surface area (Å²) in [6.45, 7) is -0.363. The van der Waals surface area contributed by atoms with Crippen molar-refractivity contribution in [2.45, 2.75) is 19.3 Å². The van der Waals surface area contributed by atoms with E-state index in [-0.39, 0.29) is 32.0 Å². The zero-order valence-corrected chi connectivity index (χ0v) is 14.0.